The first kappa shape index (κ1) is 20.9. The van der Waals surface area contributed by atoms with Crippen molar-refractivity contribution in [2.75, 3.05) is 7.11 Å². The molecule has 6 heteroatoms. The predicted molar refractivity (Wildman–Crippen MR) is 106 cm³/mol. The molecule has 3 saturated carbocycles. The second-order valence-electron chi connectivity index (χ2n) is 10.3. The lowest BCUT2D eigenvalue weighted by Crippen LogP contribution is -2.66. The van der Waals surface area contributed by atoms with Gasteiger partial charge >= 0.3 is 6.16 Å². The molecule has 0 spiro atoms. The van der Waals surface area contributed by atoms with Crippen molar-refractivity contribution in [3.05, 3.63) is 12.2 Å². The van der Waals surface area contributed by atoms with Crippen molar-refractivity contribution < 1.29 is 29.3 Å². The standard InChI is InChI=1S/C23H34O6/c1-13(24)16-5-6-17-15-7-10-23(27)12-14(29-20(26)28-4)11-19(25)22(23,3)18(15)8-9-21(16,17)2/h7,10,14-19,25,27H,5-6,8-9,11-12H2,1-4H3/t14-,15-,16+,17-,18-,19-,21+,22-,23+/m0/s1. The van der Waals surface area contributed by atoms with Crippen LogP contribution in [0, 0.1) is 34.5 Å². The summed E-state index contributed by atoms with van der Waals surface area (Å²) in [5.41, 5.74) is -1.95. The van der Waals surface area contributed by atoms with Crippen LogP contribution >= 0.6 is 0 Å². The molecule has 0 amide bonds. The van der Waals surface area contributed by atoms with Gasteiger partial charge in [0.15, 0.2) is 0 Å². The molecule has 0 radical (unpaired) electrons. The fraction of sp³-hybridized carbons (Fsp3) is 0.826. The zero-order valence-corrected chi connectivity index (χ0v) is 17.9. The highest BCUT2D eigenvalue weighted by atomic mass is 16.7. The van der Waals surface area contributed by atoms with Crippen LogP contribution in [0.25, 0.3) is 0 Å². The van der Waals surface area contributed by atoms with E-state index in [1.807, 2.05) is 13.0 Å². The third kappa shape index (κ3) is 2.82. The Labute approximate surface area is 172 Å². The van der Waals surface area contributed by atoms with Gasteiger partial charge in [0.2, 0.25) is 0 Å². The Bertz CT molecular complexity index is 733. The van der Waals surface area contributed by atoms with Gasteiger partial charge in [-0.15, -0.1) is 0 Å². The normalized spacial score (nSPS) is 50.8. The minimum atomic E-state index is -1.24. The number of rotatable bonds is 2. The topological polar surface area (TPSA) is 93.1 Å². The van der Waals surface area contributed by atoms with E-state index in [0.29, 0.717) is 12.3 Å². The molecule has 0 bridgehead atoms. The van der Waals surface area contributed by atoms with Crippen LogP contribution in [0.4, 0.5) is 4.79 Å². The van der Waals surface area contributed by atoms with E-state index in [4.69, 9.17) is 4.74 Å². The Morgan fingerprint density at radius 3 is 2.52 bits per heavy atom. The Morgan fingerprint density at radius 1 is 1.14 bits per heavy atom. The van der Waals surface area contributed by atoms with Crippen LogP contribution in [0.5, 0.6) is 0 Å². The smallest absolute Gasteiger partial charge is 0.438 e. The van der Waals surface area contributed by atoms with Crippen LogP contribution in [0.3, 0.4) is 0 Å². The average molecular weight is 407 g/mol. The van der Waals surface area contributed by atoms with E-state index >= 15 is 0 Å². The number of methoxy groups -OCH3 is 1. The van der Waals surface area contributed by atoms with Crippen molar-refractivity contribution in [2.45, 2.75) is 77.1 Å². The van der Waals surface area contributed by atoms with E-state index in [1.54, 1.807) is 6.92 Å². The number of ketones is 1. The molecule has 0 aromatic heterocycles. The zero-order valence-electron chi connectivity index (χ0n) is 17.9. The maximum absolute atomic E-state index is 12.3. The highest BCUT2D eigenvalue weighted by molar-refractivity contribution is 5.79. The maximum Gasteiger partial charge on any atom is 0.508 e. The SMILES string of the molecule is COC(=O)O[C@H]1C[C@H](O)[C@]2(C)[C@H]3CC[C@]4(C)[C@@H](C(C)=O)CC[C@H]4[C@@H]3C=C[C@@]2(O)C1. The van der Waals surface area contributed by atoms with Gasteiger partial charge in [-0.05, 0) is 55.8 Å². The molecule has 4 aliphatic carbocycles. The molecule has 9 atom stereocenters. The summed E-state index contributed by atoms with van der Waals surface area (Å²) < 4.78 is 9.87. The monoisotopic (exact) mass is 406 g/mol. The van der Waals surface area contributed by atoms with Gasteiger partial charge < -0.3 is 19.7 Å². The molecular weight excluding hydrogens is 372 g/mol. The summed E-state index contributed by atoms with van der Waals surface area (Å²) in [6.07, 6.45) is 6.14. The number of hydrogen-bond acceptors (Lipinski definition) is 6. The number of ether oxygens (including phenoxy) is 2. The Balaban J connectivity index is 1.66. The Morgan fingerprint density at radius 2 is 1.86 bits per heavy atom. The number of aliphatic hydroxyl groups is 2. The van der Waals surface area contributed by atoms with E-state index in [1.165, 1.54) is 7.11 Å². The lowest BCUT2D eigenvalue weighted by atomic mass is 9.44. The fourth-order valence-electron chi connectivity index (χ4n) is 7.62. The second kappa shape index (κ2) is 6.81. The minimum Gasteiger partial charge on any atom is -0.438 e. The van der Waals surface area contributed by atoms with E-state index < -0.39 is 29.4 Å². The molecule has 0 saturated heterocycles. The summed E-state index contributed by atoms with van der Waals surface area (Å²) in [5.74, 6) is 1.18. The molecule has 29 heavy (non-hydrogen) atoms. The second-order valence-corrected chi connectivity index (χ2v) is 10.3. The van der Waals surface area contributed by atoms with Crippen LogP contribution in [-0.2, 0) is 14.3 Å². The summed E-state index contributed by atoms with van der Waals surface area (Å²) >= 11 is 0. The fourth-order valence-corrected chi connectivity index (χ4v) is 7.62. The lowest BCUT2D eigenvalue weighted by molar-refractivity contribution is -0.217. The minimum absolute atomic E-state index is 0.000689. The van der Waals surface area contributed by atoms with E-state index in [2.05, 4.69) is 17.7 Å². The summed E-state index contributed by atoms with van der Waals surface area (Å²) in [4.78, 5) is 23.8. The molecule has 2 N–H and O–H groups in total. The molecule has 4 aliphatic rings. The number of allylic oxidation sites excluding steroid dienone is 1. The molecule has 6 nitrogen and oxygen atoms in total. The first-order valence-corrected chi connectivity index (χ1v) is 10.9. The van der Waals surface area contributed by atoms with Gasteiger partial charge in [0.1, 0.15) is 11.9 Å². The van der Waals surface area contributed by atoms with Gasteiger partial charge in [-0.3, -0.25) is 4.79 Å². The predicted octanol–water partition coefficient (Wildman–Crippen LogP) is 3.25. The van der Waals surface area contributed by atoms with E-state index in [9.17, 15) is 19.8 Å². The number of Topliss-reactive ketones (excluding diaryl/α,β-unsaturated/α-hetero) is 1. The van der Waals surface area contributed by atoms with E-state index in [-0.39, 0.29) is 35.4 Å². The van der Waals surface area contributed by atoms with Gasteiger partial charge in [-0.1, -0.05) is 26.0 Å². The van der Waals surface area contributed by atoms with Gasteiger partial charge in [0, 0.05) is 24.2 Å². The zero-order chi connectivity index (χ0) is 21.2. The van der Waals surface area contributed by atoms with Gasteiger partial charge in [0.25, 0.3) is 0 Å². The highest BCUT2D eigenvalue weighted by Crippen LogP contribution is 2.66. The van der Waals surface area contributed by atoms with Crippen molar-refractivity contribution in [2.24, 2.45) is 34.5 Å². The summed E-state index contributed by atoms with van der Waals surface area (Å²) in [5, 5.41) is 22.8. The quantitative estimate of drug-likeness (QED) is 0.540. The molecule has 0 aliphatic heterocycles. The van der Waals surface area contributed by atoms with Crippen LogP contribution in [0.1, 0.15) is 59.3 Å². The highest BCUT2D eigenvalue weighted by Gasteiger charge is 2.66. The molecule has 0 aromatic rings. The lowest BCUT2D eigenvalue weighted by Gasteiger charge is -2.62. The molecule has 0 aromatic carbocycles. The van der Waals surface area contributed by atoms with Gasteiger partial charge in [-0.25, -0.2) is 4.79 Å². The first-order valence-electron chi connectivity index (χ1n) is 10.9. The van der Waals surface area contributed by atoms with Crippen LogP contribution in [-0.4, -0.2) is 47.1 Å². The van der Waals surface area contributed by atoms with Crippen molar-refractivity contribution >= 4 is 11.9 Å². The van der Waals surface area contributed by atoms with Crippen LogP contribution < -0.4 is 0 Å². The van der Waals surface area contributed by atoms with Crippen molar-refractivity contribution in [3.8, 4) is 0 Å². The summed E-state index contributed by atoms with van der Waals surface area (Å²) in [6.45, 7) is 5.97. The van der Waals surface area contributed by atoms with Gasteiger partial charge in [0.05, 0.1) is 18.8 Å². The number of fused-ring (bicyclic) bond motifs is 5. The van der Waals surface area contributed by atoms with Crippen molar-refractivity contribution in [1.82, 2.24) is 0 Å². The average Bonchev–Trinajstić information content (AvgIpc) is 3.01. The van der Waals surface area contributed by atoms with E-state index in [0.717, 1.165) is 25.7 Å². The largest absolute Gasteiger partial charge is 0.508 e. The molecular formula is C23H34O6. The number of carbonyl (C=O) groups excluding carboxylic acids is 2. The molecule has 3 fully saturated rings. The number of carbonyl (C=O) groups is 2. The molecule has 0 unspecified atom stereocenters. The van der Waals surface area contributed by atoms with Gasteiger partial charge in [-0.2, -0.15) is 0 Å². The summed E-state index contributed by atoms with van der Waals surface area (Å²) in [6, 6.07) is 0. The third-order valence-electron chi connectivity index (χ3n) is 9.27. The Hall–Kier alpha value is -1.40. The summed E-state index contributed by atoms with van der Waals surface area (Å²) in [7, 11) is 1.25. The maximum atomic E-state index is 12.3. The number of hydrogen-bond donors (Lipinski definition) is 2. The first-order chi connectivity index (χ1) is 13.6. The van der Waals surface area contributed by atoms with Crippen molar-refractivity contribution in [1.29, 1.82) is 0 Å². The third-order valence-corrected chi connectivity index (χ3v) is 9.27. The van der Waals surface area contributed by atoms with Crippen molar-refractivity contribution in [3.63, 3.8) is 0 Å². The van der Waals surface area contributed by atoms with Crippen LogP contribution in [0.2, 0.25) is 0 Å². The van der Waals surface area contributed by atoms with Crippen LogP contribution in [0.15, 0.2) is 12.2 Å². The molecule has 0 heterocycles. The molecule has 162 valence electrons. The Kier molecular flexibility index (Phi) is 4.90. The molecule has 4 rings (SSSR count). The number of aliphatic hydroxyl groups excluding tert-OH is 1.